The average molecular weight is 307 g/mol. The topological polar surface area (TPSA) is 36.9 Å². The Morgan fingerprint density at radius 2 is 1.20 bits per heavy atom. The second-order valence-electron chi connectivity index (χ2n) is 4.76. The van der Waals surface area contributed by atoms with Gasteiger partial charge in [-0.3, -0.25) is 0 Å². The molecule has 0 atom stereocenters. The van der Waals surface area contributed by atoms with Crippen LogP contribution < -0.4 is 0 Å². The van der Waals surface area contributed by atoms with Crippen LogP contribution in [0.15, 0.2) is 0 Å². The van der Waals surface area contributed by atoms with Crippen LogP contribution in [0.2, 0.25) is 6.04 Å². The number of rotatable bonds is 15. The molecule has 0 amide bonds. The summed E-state index contributed by atoms with van der Waals surface area (Å²) < 4.78 is 23.0. The van der Waals surface area contributed by atoms with Gasteiger partial charge in [0.2, 0.25) is 0 Å². The van der Waals surface area contributed by atoms with Crippen molar-refractivity contribution in [3.63, 3.8) is 0 Å². The van der Waals surface area contributed by atoms with E-state index in [1.165, 1.54) is 12.8 Å². The van der Waals surface area contributed by atoms with Crippen molar-refractivity contribution >= 4 is 8.80 Å². The molecule has 0 N–H and O–H groups in total. The van der Waals surface area contributed by atoms with Crippen LogP contribution in [0.4, 0.5) is 0 Å². The molecule has 5 heteroatoms. The minimum absolute atomic E-state index is 0.664. The fraction of sp³-hybridized carbons (Fsp3) is 1.00. The third kappa shape index (κ3) is 9.88. The van der Waals surface area contributed by atoms with Crippen molar-refractivity contribution in [1.29, 1.82) is 0 Å². The van der Waals surface area contributed by atoms with Crippen molar-refractivity contribution in [1.82, 2.24) is 0 Å². The van der Waals surface area contributed by atoms with Crippen LogP contribution in [0, 0.1) is 0 Å². The summed E-state index contributed by atoms with van der Waals surface area (Å²) in [6.45, 7) is 11.9. The molecule has 122 valence electrons. The Kier molecular flexibility index (Phi) is 14.1. The zero-order valence-corrected chi connectivity index (χ0v) is 14.9. The lowest BCUT2D eigenvalue weighted by atomic mass is 10.2. The second-order valence-corrected chi connectivity index (χ2v) is 7.49. The van der Waals surface area contributed by atoms with Gasteiger partial charge in [0.05, 0.1) is 0 Å². The van der Waals surface area contributed by atoms with Gasteiger partial charge in [0.25, 0.3) is 0 Å². The summed E-state index contributed by atoms with van der Waals surface area (Å²) in [6.07, 6.45) is 5.76. The van der Waals surface area contributed by atoms with Crippen molar-refractivity contribution in [3.05, 3.63) is 0 Å². The van der Waals surface area contributed by atoms with Gasteiger partial charge in [-0.25, -0.2) is 0 Å². The van der Waals surface area contributed by atoms with Crippen LogP contribution in [0.25, 0.3) is 0 Å². The van der Waals surface area contributed by atoms with E-state index in [0.717, 1.165) is 38.5 Å². The first-order chi connectivity index (χ1) is 9.74. The molecule has 0 unspecified atom stereocenters. The SMILES string of the molecule is CCCOCCCCCC[Si](OCC)(OCC)OCC. The predicted molar refractivity (Wildman–Crippen MR) is 85.0 cm³/mol. The molecule has 0 bridgehead atoms. The van der Waals surface area contributed by atoms with Gasteiger partial charge in [-0.2, -0.15) is 0 Å². The van der Waals surface area contributed by atoms with Gasteiger partial charge in [-0.05, 0) is 40.0 Å². The Morgan fingerprint density at radius 1 is 0.650 bits per heavy atom. The van der Waals surface area contributed by atoms with E-state index < -0.39 is 8.80 Å². The molecule has 0 aromatic carbocycles. The molecule has 0 heterocycles. The van der Waals surface area contributed by atoms with Crippen LogP contribution in [0.5, 0.6) is 0 Å². The molecule has 0 fully saturated rings. The summed E-state index contributed by atoms with van der Waals surface area (Å²) in [4.78, 5) is 0. The minimum Gasteiger partial charge on any atom is -0.381 e. The van der Waals surface area contributed by atoms with Gasteiger partial charge >= 0.3 is 8.80 Å². The van der Waals surface area contributed by atoms with Gasteiger partial charge < -0.3 is 18.0 Å². The molecular formula is C15H34O4Si. The standard InChI is InChI=1S/C15H34O4Si/c1-5-13-16-14-11-9-10-12-15-20(17-6-2,18-7-3)19-8-4/h5-15H2,1-4H3. The van der Waals surface area contributed by atoms with Gasteiger partial charge in [0, 0.05) is 39.1 Å². The minimum atomic E-state index is -2.41. The maximum Gasteiger partial charge on any atom is 0.500 e. The Morgan fingerprint density at radius 3 is 1.70 bits per heavy atom. The van der Waals surface area contributed by atoms with E-state index in [-0.39, 0.29) is 0 Å². The molecule has 0 aliphatic rings. The van der Waals surface area contributed by atoms with Crippen LogP contribution in [0.1, 0.15) is 59.8 Å². The molecule has 0 rings (SSSR count). The largest absolute Gasteiger partial charge is 0.500 e. The predicted octanol–water partition coefficient (Wildman–Crippen LogP) is 4.02. The molecule has 0 radical (unpaired) electrons. The normalized spacial score (nSPS) is 12.0. The first-order valence-corrected chi connectivity index (χ1v) is 10.2. The Hall–Kier alpha value is 0.0569. The third-order valence-electron chi connectivity index (χ3n) is 2.96. The smallest absolute Gasteiger partial charge is 0.381 e. The lowest BCUT2D eigenvalue weighted by Crippen LogP contribution is -2.45. The third-order valence-corrected chi connectivity index (χ3v) is 6.11. The molecule has 0 saturated heterocycles. The maximum absolute atomic E-state index is 5.84. The molecule has 0 aromatic rings. The molecule has 20 heavy (non-hydrogen) atoms. The Balaban J connectivity index is 3.82. The molecule has 0 saturated carbocycles. The molecule has 0 aromatic heterocycles. The van der Waals surface area contributed by atoms with Crippen LogP contribution >= 0.6 is 0 Å². The van der Waals surface area contributed by atoms with Crippen LogP contribution in [0.3, 0.4) is 0 Å². The first kappa shape index (κ1) is 20.1. The van der Waals surface area contributed by atoms with Crippen molar-refractivity contribution in [2.45, 2.75) is 65.8 Å². The highest BCUT2D eigenvalue weighted by atomic mass is 28.4. The van der Waals surface area contributed by atoms with Gasteiger partial charge in [0.1, 0.15) is 0 Å². The molecular weight excluding hydrogens is 272 g/mol. The van der Waals surface area contributed by atoms with E-state index in [0.29, 0.717) is 19.8 Å². The van der Waals surface area contributed by atoms with E-state index in [1.54, 1.807) is 0 Å². The second kappa shape index (κ2) is 14.0. The fourth-order valence-electron chi connectivity index (χ4n) is 2.15. The average Bonchev–Trinajstić information content (AvgIpc) is 2.43. The fourth-order valence-corrected chi connectivity index (χ4v) is 4.83. The summed E-state index contributed by atoms with van der Waals surface area (Å²) in [5.74, 6) is 0. The highest BCUT2D eigenvalue weighted by molar-refractivity contribution is 6.60. The van der Waals surface area contributed by atoms with Crippen molar-refractivity contribution in [3.8, 4) is 0 Å². The maximum atomic E-state index is 5.84. The zero-order chi connectivity index (χ0) is 15.1. The molecule has 0 spiro atoms. The summed E-state index contributed by atoms with van der Waals surface area (Å²) in [5, 5.41) is 0. The lowest BCUT2D eigenvalue weighted by molar-refractivity contribution is 0.0705. The van der Waals surface area contributed by atoms with E-state index in [1.807, 2.05) is 20.8 Å². The highest BCUT2D eigenvalue weighted by Gasteiger charge is 2.39. The molecule has 0 aliphatic heterocycles. The van der Waals surface area contributed by atoms with Gasteiger partial charge in [-0.15, -0.1) is 0 Å². The number of hydrogen-bond donors (Lipinski definition) is 0. The molecule has 4 nitrogen and oxygen atoms in total. The first-order valence-electron chi connectivity index (χ1n) is 8.24. The number of hydrogen-bond acceptors (Lipinski definition) is 4. The number of unbranched alkanes of at least 4 members (excludes halogenated alkanes) is 3. The summed E-state index contributed by atoms with van der Waals surface area (Å²) >= 11 is 0. The van der Waals surface area contributed by atoms with Crippen molar-refractivity contribution < 1.29 is 18.0 Å². The van der Waals surface area contributed by atoms with Crippen LogP contribution in [-0.2, 0) is 18.0 Å². The van der Waals surface area contributed by atoms with E-state index >= 15 is 0 Å². The Labute approximate surface area is 126 Å². The van der Waals surface area contributed by atoms with E-state index in [9.17, 15) is 0 Å². The van der Waals surface area contributed by atoms with E-state index in [4.69, 9.17) is 18.0 Å². The van der Waals surface area contributed by atoms with E-state index in [2.05, 4.69) is 6.92 Å². The number of ether oxygens (including phenoxy) is 1. The van der Waals surface area contributed by atoms with Gasteiger partial charge in [-0.1, -0.05) is 19.8 Å². The van der Waals surface area contributed by atoms with Crippen molar-refractivity contribution in [2.75, 3.05) is 33.0 Å². The lowest BCUT2D eigenvalue weighted by Gasteiger charge is -2.28. The Bertz CT molecular complexity index is 185. The summed E-state index contributed by atoms with van der Waals surface area (Å²) in [5.41, 5.74) is 0. The summed E-state index contributed by atoms with van der Waals surface area (Å²) in [6, 6.07) is 0.929. The molecule has 0 aliphatic carbocycles. The van der Waals surface area contributed by atoms with Gasteiger partial charge in [0.15, 0.2) is 0 Å². The monoisotopic (exact) mass is 306 g/mol. The zero-order valence-electron chi connectivity index (χ0n) is 13.9. The quantitative estimate of drug-likeness (QED) is 0.338. The van der Waals surface area contributed by atoms with Crippen molar-refractivity contribution in [2.24, 2.45) is 0 Å². The summed E-state index contributed by atoms with van der Waals surface area (Å²) in [7, 11) is -2.41. The highest BCUT2D eigenvalue weighted by Crippen LogP contribution is 2.20. The van der Waals surface area contributed by atoms with Crippen LogP contribution in [-0.4, -0.2) is 41.8 Å².